The van der Waals surface area contributed by atoms with Crippen molar-refractivity contribution < 1.29 is 4.92 Å². The van der Waals surface area contributed by atoms with Gasteiger partial charge in [-0.05, 0) is 5.92 Å². The summed E-state index contributed by atoms with van der Waals surface area (Å²) >= 11 is 0. The molecule has 0 fully saturated rings. The van der Waals surface area contributed by atoms with E-state index in [1.807, 2.05) is 13.8 Å². The van der Waals surface area contributed by atoms with Crippen LogP contribution in [0.4, 0.5) is 17.5 Å². The predicted molar refractivity (Wildman–Crippen MR) is 61.2 cm³/mol. The minimum absolute atomic E-state index is 0.0382. The Bertz CT molecular complexity index is 393. The lowest BCUT2D eigenvalue weighted by molar-refractivity contribution is -0.384. The fourth-order valence-corrected chi connectivity index (χ4v) is 1.42. The van der Waals surface area contributed by atoms with Gasteiger partial charge >= 0.3 is 5.69 Å². The topological polar surface area (TPSA) is 98.2 Å². The summed E-state index contributed by atoms with van der Waals surface area (Å²) < 4.78 is 0. The van der Waals surface area contributed by atoms with Crippen LogP contribution in [0.15, 0.2) is 6.20 Å². The summed E-state index contributed by atoms with van der Waals surface area (Å²) in [4.78, 5) is 19.5. The number of nitrogen functional groups attached to an aromatic ring is 1. The third kappa shape index (κ3) is 2.78. The number of hydrogen-bond acceptors (Lipinski definition) is 6. The van der Waals surface area contributed by atoms with Crippen LogP contribution in [-0.2, 0) is 0 Å². The van der Waals surface area contributed by atoms with Gasteiger partial charge in [-0.2, -0.15) is 4.98 Å². The first-order valence-corrected chi connectivity index (χ1v) is 4.90. The average molecular weight is 225 g/mol. The van der Waals surface area contributed by atoms with Crippen LogP contribution in [0.2, 0.25) is 0 Å². The molecule has 0 saturated carbocycles. The maximum atomic E-state index is 10.8. The maximum absolute atomic E-state index is 10.8. The lowest BCUT2D eigenvalue weighted by Gasteiger charge is -2.19. The Morgan fingerprint density at radius 3 is 2.75 bits per heavy atom. The number of anilines is 2. The number of aromatic nitrogens is 2. The minimum Gasteiger partial charge on any atom is -0.368 e. The predicted octanol–water partition coefficient (Wildman–Crippen LogP) is 1.06. The van der Waals surface area contributed by atoms with Crippen molar-refractivity contribution in [2.45, 2.75) is 13.8 Å². The molecule has 1 rings (SSSR count). The zero-order valence-corrected chi connectivity index (χ0v) is 9.54. The van der Waals surface area contributed by atoms with E-state index in [4.69, 9.17) is 5.73 Å². The fourth-order valence-electron chi connectivity index (χ4n) is 1.42. The van der Waals surface area contributed by atoms with Crippen molar-refractivity contribution in [2.75, 3.05) is 24.2 Å². The van der Waals surface area contributed by atoms with Crippen LogP contribution in [0.3, 0.4) is 0 Å². The Balaban J connectivity index is 3.09. The second-order valence-electron chi connectivity index (χ2n) is 3.97. The fraction of sp³-hybridized carbons (Fsp3) is 0.556. The van der Waals surface area contributed by atoms with E-state index in [-0.39, 0.29) is 17.5 Å². The van der Waals surface area contributed by atoms with Crippen molar-refractivity contribution in [2.24, 2.45) is 5.92 Å². The zero-order chi connectivity index (χ0) is 12.3. The number of nitrogens with two attached hydrogens (primary N) is 1. The second kappa shape index (κ2) is 4.73. The molecule has 7 heteroatoms. The highest BCUT2D eigenvalue weighted by atomic mass is 16.6. The summed E-state index contributed by atoms with van der Waals surface area (Å²) in [6, 6.07) is 0. The molecule has 1 aromatic heterocycles. The zero-order valence-electron chi connectivity index (χ0n) is 9.54. The summed E-state index contributed by atoms with van der Waals surface area (Å²) in [5.74, 6) is 0.670. The molecule has 1 aromatic rings. The van der Waals surface area contributed by atoms with Crippen LogP contribution in [0, 0.1) is 16.0 Å². The molecule has 0 saturated heterocycles. The highest BCUT2D eigenvalue weighted by Crippen LogP contribution is 2.24. The molecule has 0 aliphatic heterocycles. The molecule has 0 spiro atoms. The third-order valence-electron chi connectivity index (χ3n) is 1.97. The van der Waals surface area contributed by atoms with Crippen molar-refractivity contribution in [3.8, 4) is 0 Å². The average Bonchev–Trinajstić information content (AvgIpc) is 2.15. The van der Waals surface area contributed by atoms with Gasteiger partial charge in [0, 0.05) is 13.6 Å². The van der Waals surface area contributed by atoms with E-state index in [0.717, 1.165) is 6.20 Å². The molecule has 1 heterocycles. The monoisotopic (exact) mass is 225 g/mol. The van der Waals surface area contributed by atoms with Crippen LogP contribution < -0.4 is 10.6 Å². The van der Waals surface area contributed by atoms with Gasteiger partial charge in [-0.15, -0.1) is 0 Å². The van der Waals surface area contributed by atoms with Crippen LogP contribution in [-0.4, -0.2) is 28.5 Å². The number of rotatable bonds is 4. The Morgan fingerprint density at radius 1 is 1.62 bits per heavy atom. The standard InChI is InChI=1S/C9H15N5O2/c1-6(2)5-13(3)8-7(14(15)16)4-11-9(10)12-8/h4,6H,5H2,1-3H3,(H2,10,11,12). The van der Waals surface area contributed by atoms with Crippen LogP contribution in [0.25, 0.3) is 0 Å². The van der Waals surface area contributed by atoms with Gasteiger partial charge in [0.1, 0.15) is 6.20 Å². The number of nitrogens with zero attached hydrogens (tertiary/aromatic N) is 4. The number of nitro groups is 1. The largest absolute Gasteiger partial charge is 0.368 e. The van der Waals surface area contributed by atoms with E-state index >= 15 is 0 Å². The molecular formula is C9H15N5O2. The molecule has 0 unspecified atom stereocenters. The van der Waals surface area contributed by atoms with Crippen molar-refractivity contribution in [1.82, 2.24) is 9.97 Å². The van der Waals surface area contributed by atoms with E-state index in [0.29, 0.717) is 12.5 Å². The Morgan fingerprint density at radius 2 is 2.25 bits per heavy atom. The normalized spacial score (nSPS) is 10.5. The van der Waals surface area contributed by atoms with Gasteiger partial charge in [0.15, 0.2) is 0 Å². The van der Waals surface area contributed by atoms with Gasteiger partial charge < -0.3 is 10.6 Å². The van der Waals surface area contributed by atoms with Gasteiger partial charge in [-0.3, -0.25) is 10.1 Å². The summed E-state index contributed by atoms with van der Waals surface area (Å²) in [6.45, 7) is 4.71. The molecule has 0 atom stereocenters. The van der Waals surface area contributed by atoms with Crippen LogP contribution in [0.5, 0.6) is 0 Å². The van der Waals surface area contributed by atoms with Crippen molar-refractivity contribution >= 4 is 17.5 Å². The summed E-state index contributed by atoms with van der Waals surface area (Å²) in [5.41, 5.74) is 5.30. The van der Waals surface area contributed by atoms with Crippen molar-refractivity contribution in [3.63, 3.8) is 0 Å². The Labute approximate surface area is 93.4 Å². The third-order valence-corrected chi connectivity index (χ3v) is 1.97. The number of hydrogen-bond donors (Lipinski definition) is 1. The molecule has 0 radical (unpaired) electrons. The van der Waals surface area contributed by atoms with Gasteiger partial charge in [-0.25, -0.2) is 4.98 Å². The quantitative estimate of drug-likeness (QED) is 0.607. The molecule has 0 amide bonds. The Kier molecular flexibility index (Phi) is 3.60. The molecule has 0 aliphatic rings. The molecule has 0 aromatic carbocycles. The van der Waals surface area contributed by atoms with E-state index in [1.165, 1.54) is 0 Å². The first-order valence-electron chi connectivity index (χ1n) is 4.90. The van der Waals surface area contributed by atoms with Gasteiger partial charge in [-0.1, -0.05) is 13.8 Å². The van der Waals surface area contributed by atoms with E-state index in [9.17, 15) is 10.1 Å². The summed E-state index contributed by atoms with van der Waals surface area (Å²) in [6.07, 6.45) is 1.13. The molecule has 0 bridgehead atoms. The molecule has 7 nitrogen and oxygen atoms in total. The van der Waals surface area contributed by atoms with E-state index in [2.05, 4.69) is 9.97 Å². The molecule has 88 valence electrons. The first-order chi connectivity index (χ1) is 7.41. The van der Waals surface area contributed by atoms with Crippen molar-refractivity contribution in [1.29, 1.82) is 0 Å². The summed E-state index contributed by atoms with van der Waals surface area (Å²) in [5, 5.41) is 10.8. The highest BCUT2D eigenvalue weighted by molar-refractivity contribution is 5.57. The van der Waals surface area contributed by atoms with Gasteiger partial charge in [0.2, 0.25) is 11.8 Å². The lowest BCUT2D eigenvalue weighted by atomic mass is 10.2. The van der Waals surface area contributed by atoms with E-state index < -0.39 is 4.92 Å². The van der Waals surface area contributed by atoms with Crippen LogP contribution >= 0.6 is 0 Å². The SMILES string of the molecule is CC(C)CN(C)c1nc(N)ncc1[N+](=O)[O-]. The lowest BCUT2D eigenvalue weighted by Crippen LogP contribution is -2.24. The second-order valence-corrected chi connectivity index (χ2v) is 3.97. The van der Waals surface area contributed by atoms with E-state index in [1.54, 1.807) is 11.9 Å². The van der Waals surface area contributed by atoms with Crippen molar-refractivity contribution in [3.05, 3.63) is 16.3 Å². The maximum Gasteiger partial charge on any atom is 0.329 e. The molecule has 0 aliphatic carbocycles. The molecule has 2 N–H and O–H groups in total. The smallest absolute Gasteiger partial charge is 0.329 e. The summed E-state index contributed by atoms with van der Waals surface area (Å²) in [7, 11) is 1.74. The minimum atomic E-state index is -0.508. The van der Waals surface area contributed by atoms with Gasteiger partial charge in [0.05, 0.1) is 4.92 Å². The molecule has 16 heavy (non-hydrogen) atoms. The Hall–Kier alpha value is -1.92. The van der Waals surface area contributed by atoms with Gasteiger partial charge in [0.25, 0.3) is 0 Å². The molecular weight excluding hydrogens is 210 g/mol. The first kappa shape index (κ1) is 12.2. The highest BCUT2D eigenvalue weighted by Gasteiger charge is 2.20. The van der Waals surface area contributed by atoms with Crippen LogP contribution in [0.1, 0.15) is 13.8 Å².